The average molecular weight is 192 g/mol. The van der Waals surface area contributed by atoms with Gasteiger partial charge in [0.2, 0.25) is 0 Å². The van der Waals surface area contributed by atoms with E-state index in [-0.39, 0.29) is 11.8 Å². The van der Waals surface area contributed by atoms with Crippen LogP contribution in [-0.4, -0.2) is 4.57 Å². The van der Waals surface area contributed by atoms with Crippen LogP contribution in [0.4, 0.5) is 5.69 Å². The van der Waals surface area contributed by atoms with Crippen molar-refractivity contribution in [2.75, 3.05) is 5.73 Å². The van der Waals surface area contributed by atoms with Crippen molar-refractivity contribution in [1.82, 2.24) is 4.57 Å². The molecule has 0 saturated carbocycles. The van der Waals surface area contributed by atoms with Gasteiger partial charge in [-0.3, -0.25) is 4.57 Å². The lowest BCUT2D eigenvalue weighted by atomic mass is 10.2. The molecule has 0 atom stereocenters. The van der Waals surface area contributed by atoms with Crippen molar-refractivity contribution in [1.29, 1.82) is 0 Å². The van der Waals surface area contributed by atoms with Crippen LogP contribution >= 0.6 is 0 Å². The lowest BCUT2D eigenvalue weighted by Crippen LogP contribution is -2.15. The van der Waals surface area contributed by atoms with E-state index >= 15 is 0 Å². The highest BCUT2D eigenvalue weighted by molar-refractivity contribution is 5.76. The molecule has 0 aliphatic heterocycles. The van der Waals surface area contributed by atoms with Crippen molar-refractivity contribution < 1.29 is 4.42 Å². The molecule has 0 bridgehead atoms. The van der Waals surface area contributed by atoms with E-state index in [0.717, 1.165) is 5.52 Å². The molecule has 1 aromatic heterocycles. The summed E-state index contributed by atoms with van der Waals surface area (Å²) in [6.45, 7) is 3.87. The Labute approximate surface area is 80.9 Å². The molecular formula is C10H12N2O2. The van der Waals surface area contributed by atoms with Crippen LogP contribution in [0.1, 0.15) is 19.9 Å². The number of rotatable bonds is 1. The minimum Gasteiger partial charge on any atom is -0.408 e. The van der Waals surface area contributed by atoms with Gasteiger partial charge in [0.1, 0.15) is 0 Å². The second kappa shape index (κ2) is 2.90. The molecule has 2 rings (SSSR count). The lowest BCUT2D eigenvalue weighted by Gasteiger charge is -2.04. The summed E-state index contributed by atoms with van der Waals surface area (Å²) in [5.74, 6) is -0.333. The van der Waals surface area contributed by atoms with Gasteiger partial charge in [0, 0.05) is 17.8 Å². The molecule has 1 heterocycles. The number of hydrogen-bond donors (Lipinski definition) is 1. The van der Waals surface area contributed by atoms with Gasteiger partial charge in [-0.15, -0.1) is 0 Å². The van der Waals surface area contributed by atoms with Crippen LogP contribution in [0, 0.1) is 0 Å². The molecule has 0 unspecified atom stereocenters. The van der Waals surface area contributed by atoms with E-state index in [1.165, 1.54) is 0 Å². The topological polar surface area (TPSA) is 61.2 Å². The zero-order valence-electron chi connectivity index (χ0n) is 8.15. The Hall–Kier alpha value is -1.71. The van der Waals surface area contributed by atoms with E-state index in [0.29, 0.717) is 11.3 Å². The van der Waals surface area contributed by atoms with Crippen molar-refractivity contribution >= 4 is 16.8 Å². The van der Waals surface area contributed by atoms with Crippen LogP contribution in [0.5, 0.6) is 0 Å². The van der Waals surface area contributed by atoms with Crippen molar-refractivity contribution in [3.63, 3.8) is 0 Å². The summed E-state index contributed by atoms with van der Waals surface area (Å²) in [4.78, 5) is 11.4. The maximum atomic E-state index is 11.4. The summed E-state index contributed by atoms with van der Waals surface area (Å²) in [7, 11) is 0. The number of nitrogens with two attached hydrogens (primary N) is 1. The van der Waals surface area contributed by atoms with Gasteiger partial charge in [-0.25, -0.2) is 4.79 Å². The van der Waals surface area contributed by atoms with E-state index in [1.54, 1.807) is 22.8 Å². The molecule has 0 radical (unpaired) electrons. The summed E-state index contributed by atoms with van der Waals surface area (Å²) in [6.07, 6.45) is 0. The first kappa shape index (κ1) is 8.87. The molecular weight excluding hydrogens is 180 g/mol. The number of nitrogen functional groups attached to an aromatic ring is 1. The lowest BCUT2D eigenvalue weighted by molar-refractivity contribution is 0.478. The van der Waals surface area contributed by atoms with Gasteiger partial charge in [0.15, 0.2) is 5.58 Å². The Morgan fingerprint density at radius 2 is 2.14 bits per heavy atom. The number of benzene rings is 1. The zero-order valence-corrected chi connectivity index (χ0v) is 8.15. The number of hydrogen-bond acceptors (Lipinski definition) is 3. The molecule has 1 aromatic carbocycles. The van der Waals surface area contributed by atoms with Crippen molar-refractivity contribution in [3.8, 4) is 0 Å². The maximum Gasteiger partial charge on any atom is 0.420 e. The molecule has 4 heteroatoms. The molecule has 0 spiro atoms. The standard InChI is InChI=1S/C10H12N2O2/c1-6(2)12-8-4-3-7(11)5-9(8)14-10(12)13/h3-6H,11H2,1-2H3. The Bertz CT molecular complexity index is 522. The third kappa shape index (κ3) is 1.19. The number of fused-ring (bicyclic) bond motifs is 1. The van der Waals surface area contributed by atoms with Crippen LogP contribution in [0.15, 0.2) is 27.4 Å². The highest BCUT2D eigenvalue weighted by Crippen LogP contribution is 2.18. The summed E-state index contributed by atoms with van der Waals surface area (Å²) in [5, 5.41) is 0. The monoisotopic (exact) mass is 192 g/mol. The predicted octanol–water partition coefficient (Wildman–Crippen LogP) is 1.76. The molecule has 4 nitrogen and oxygen atoms in total. The van der Waals surface area contributed by atoms with Gasteiger partial charge in [0.05, 0.1) is 5.52 Å². The fraction of sp³-hybridized carbons (Fsp3) is 0.300. The average Bonchev–Trinajstić information content (AvgIpc) is 2.39. The highest BCUT2D eigenvalue weighted by Gasteiger charge is 2.11. The second-order valence-electron chi connectivity index (χ2n) is 3.56. The van der Waals surface area contributed by atoms with Gasteiger partial charge >= 0.3 is 5.76 Å². The SMILES string of the molecule is CC(C)n1c(=O)oc2cc(N)ccc21. The first-order valence-corrected chi connectivity index (χ1v) is 4.50. The maximum absolute atomic E-state index is 11.4. The second-order valence-corrected chi connectivity index (χ2v) is 3.56. The largest absolute Gasteiger partial charge is 0.420 e. The van der Waals surface area contributed by atoms with Gasteiger partial charge < -0.3 is 10.2 Å². The first-order chi connectivity index (χ1) is 6.59. The van der Waals surface area contributed by atoms with Crippen molar-refractivity contribution in [3.05, 3.63) is 28.7 Å². The fourth-order valence-electron chi connectivity index (χ4n) is 1.54. The summed E-state index contributed by atoms with van der Waals surface area (Å²) in [6, 6.07) is 5.31. The molecule has 14 heavy (non-hydrogen) atoms. The molecule has 0 amide bonds. The molecule has 2 aromatic rings. The van der Waals surface area contributed by atoms with Gasteiger partial charge in [-0.1, -0.05) is 0 Å². The van der Waals surface area contributed by atoms with Crippen LogP contribution < -0.4 is 11.5 Å². The Morgan fingerprint density at radius 3 is 2.79 bits per heavy atom. The third-order valence-corrected chi connectivity index (χ3v) is 2.15. The fourth-order valence-corrected chi connectivity index (χ4v) is 1.54. The quantitative estimate of drug-likeness (QED) is 0.700. The van der Waals surface area contributed by atoms with Crippen molar-refractivity contribution in [2.45, 2.75) is 19.9 Å². The van der Waals surface area contributed by atoms with E-state index in [9.17, 15) is 4.79 Å². The summed E-state index contributed by atoms with van der Waals surface area (Å²) in [5.41, 5.74) is 7.52. The Balaban J connectivity index is 2.84. The molecule has 0 fully saturated rings. The zero-order chi connectivity index (χ0) is 10.3. The third-order valence-electron chi connectivity index (χ3n) is 2.15. The number of aromatic nitrogens is 1. The summed E-state index contributed by atoms with van der Waals surface area (Å²) >= 11 is 0. The summed E-state index contributed by atoms with van der Waals surface area (Å²) < 4.78 is 6.67. The van der Waals surface area contributed by atoms with E-state index in [1.807, 2.05) is 13.8 Å². The number of oxazole rings is 1. The van der Waals surface area contributed by atoms with Crippen molar-refractivity contribution in [2.24, 2.45) is 0 Å². The van der Waals surface area contributed by atoms with Crippen LogP contribution in [0.2, 0.25) is 0 Å². The minimum atomic E-state index is -0.333. The molecule has 2 N–H and O–H groups in total. The molecule has 74 valence electrons. The highest BCUT2D eigenvalue weighted by atomic mass is 16.4. The Morgan fingerprint density at radius 1 is 1.43 bits per heavy atom. The smallest absolute Gasteiger partial charge is 0.408 e. The Kier molecular flexibility index (Phi) is 1.84. The first-order valence-electron chi connectivity index (χ1n) is 4.50. The predicted molar refractivity (Wildman–Crippen MR) is 55.3 cm³/mol. The van der Waals surface area contributed by atoms with E-state index < -0.39 is 0 Å². The normalized spacial score (nSPS) is 11.4. The van der Waals surface area contributed by atoms with Crippen LogP contribution in [0.3, 0.4) is 0 Å². The number of anilines is 1. The molecule has 0 aliphatic rings. The molecule has 0 aliphatic carbocycles. The van der Waals surface area contributed by atoms with Gasteiger partial charge in [-0.05, 0) is 26.0 Å². The van der Waals surface area contributed by atoms with Crippen LogP contribution in [-0.2, 0) is 0 Å². The van der Waals surface area contributed by atoms with Crippen LogP contribution in [0.25, 0.3) is 11.1 Å². The van der Waals surface area contributed by atoms with E-state index in [2.05, 4.69) is 0 Å². The van der Waals surface area contributed by atoms with E-state index in [4.69, 9.17) is 10.2 Å². The number of nitrogens with zero attached hydrogens (tertiary/aromatic N) is 1. The minimum absolute atomic E-state index is 0.0902. The van der Waals surface area contributed by atoms with Gasteiger partial charge in [-0.2, -0.15) is 0 Å². The van der Waals surface area contributed by atoms with Gasteiger partial charge in [0.25, 0.3) is 0 Å². The molecule has 0 saturated heterocycles.